The number of ether oxygens (including phenoxy) is 1. The molecule has 1 saturated heterocycles. The zero-order chi connectivity index (χ0) is 20.1. The van der Waals surface area contributed by atoms with Gasteiger partial charge < -0.3 is 15.0 Å². The Kier molecular flexibility index (Phi) is 6.70. The van der Waals surface area contributed by atoms with E-state index in [0.717, 1.165) is 37.8 Å². The molecule has 1 aliphatic carbocycles. The summed E-state index contributed by atoms with van der Waals surface area (Å²) in [6, 6.07) is 7.98. The van der Waals surface area contributed by atoms with E-state index in [-0.39, 0.29) is 24.3 Å². The van der Waals surface area contributed by atoms with Gasteiger partial charge in [0.1, 0.15) is 0 Å². The van der Waals surface area contributed by atoms with Gasteiger partial charge in [-0.15, -0.1) is 0 Å². The first-order chi connectivity index (χ1) is 13.5. The number of esters is 1. The van der Waals surface area contributed by atoms with E-state index in [4.69, 9.17) is 4.74 Å². The van der Waals surface area contributed by atoms with E-state index in [1.807, 2.05) is 24.3 Å². The molecule has 0 bridgehead atoms. The van der Waals surface area contributed by atoms with Crippen LogP contribution < -0.4 is 10.2 Å². The van der Waals surface area contributed by atoms with Crippen LogP contribution in [0, 0.1) is 5.92 Å². The number of hydrogen-bond acceptors (Lipinski definition) is 4. The molecule has 3 rings (SSSR count). The zero-order valence-electron chi connectivity index (χ0n) is 16.8. The Morgan fingerprint density at radius 3 is 2.50 bits per heavy atom. The third kappa shape index (κ3) is 4.91. The number of nitrogens with one attached hydrogen (secondary N) is 1. The molecule has 2 fully saturated rings. The molecule has 1 saturated carbocycles. The maximum atomic E-state index is 12.5. The van der Waals surface area contributed by atoms with Crippen LogP contribution in [0.5, 0.6) is 0 Å². The van der Waals surface area contributed by atoms with Gasteiger partial charge in [0, 0.05) is 24.7 Å². The average Bonchev–Trinajstić information content (AvgIpc) is 3.10. The van der Waals surface area contributed by atoms with Crippen molar-refractivity contribution in [1.82, 2.24) is 5.32 Å². The van der Waals surface area contributed by atoms with Crippen LogP contribution >= 0.6 is 0 Å². The van der Waals surface area contributed by atoms with Crippen LogP contribution in [0.4, 0.5) is 5.69 Å². The molecule has 2 atom stereocenters. The quantitative estimate of drug-likeness (QED) is 0.763. The lowest BCUT2D eigenvalue weighted by Crippen LogP contribution is -2.43. The summed E-state index contributed by atoms with van der Waals surface area (Å²) in [7, 11) is 0. The number of carbonyl (C=O) groups excluding carboxylic acids is 3. The van der Waals surface area contributed by atoms with E-state index in [0.29, 0.717) is 6.54 Å². The zero-order valence-corrected chi connectivity index (χ0v) is 16.8. The molecule has 1 N–H and O–H groups in total. The van der Waals surface area contributed by atoms with Crippen molar-refractivity contribution in [2.75, 3.05) is 11.4 Å². The Hall–Kier alpha value is -2.37. The first kappa shape index (κ1) is 20.4. The summed E-state index contributed by atoms with van der Waals surface area (Å²) < 4.78 is 5.38. The molecule has 1 heterocycles. The predicted octanol–water partition coefficient (Wildman–Crippen LogP) is 2.98. The first-order valence-electron chi connectivity index (χ1n) is 10.4. The van der Waals surface area contributed by atoms with E-state index in [2.05, 4.69) is 12.2 Å². The molecule has 1 aliphatic heterocycles. The highest BCUT2D eigenvalue weighted by Crippen LogP contribution is 2.26. The van der Waals surface area contributed by atoms with Crippen molar-refractivity contribution in [3.05, 3.63) is 29.8 Å². The second-order valence-electron chi connectivity index (χ2n) is 7.85. The highest BCUT2D eigenvalue weighted by molar-refractivity contribution is 5.99. The van der Waals surface area contributed by atoms with Crippen molar-refractivity contribution >= 4 is 23.5 Å². The van der Waals surface area contributed by atoms with Crippen molar-refractivity contribution in [2.45, 2.75) is 70.9 Å². The molecular weight excluding hydrogens is 356 g/mol. The number of benzene rings is 1. The van der Waals surface area contributed by atoms with E-state index in [9.17, 15) is 14.4 Å². The molecule has 6 nitrogen and oxygen atoms in total. The fourth-order valence-electron chi connectivity index (χ4n) is 3.92. The van der Waals surface area contributed by atoms with Crippen LogP contribution in [0.25, 0.3) is 0 Å². The highest BCUT2D eigenvalue weighted by Gasteiger charge is 2.37. The Bertz CT molecular complexity index is 710. The number of carbonyl (C=O) groups is 3. The highest BCUT2D eigenvalue weighted by atomic mass is 16.5. The lowest BCUT2D eigenvalue weighted by atomic mass is 9.95. The molecule has 152 valence electrons. The fourth-order valence-corrected chi connectivity index (χ4v) is 3.92. The summed E-state index contributed by atoms with van der Waals surface area (Å²) in [5, 5.41) is 2.98. The number of anilines is 1. The normalized spacial score (nSPS) is 21.4. The maximum absolute atomic E-state index is 12.5. The molecule has 0 radical (unpaired) electrons. The van der Waals surface area contributed by atoms with Gasteiger partial charge in [-0.3, -0.25) is 14.4 Å². The minimum Gasteiger partial charge on any atom is -0.452 e. The number of aryl methyl sites for hydroxylation is 1. The number of amides is 2. The summed E-state index contributed by atoms with van der Waals surface area (Å²) in [4.78, 5) is 38.8. The largest absolute Gasteiger partial charge is 0.452 e. The van der Waals surface area contributed by atoms with Crippen molar-refractivity contribution < 1.29 is 19.1 Å². The van der Waals surface area contributed by atoms with Gasteiger partial charge in [-0.05, 0) is 43.9 Å². The average molecular weight is 386 g/mol. The standard InChI is InChI=1S/C22H30N2O4/c1-3-16-9-11-19(12-10-16)24-14-17(13-20(24)25)22(27)28-15(2)21(26)23-18-7-5-4-6-8-18/h9-12,15,17-18H,3-8,13-14H2,1-2H3,(H,23,26). The number of nitrogens with zero attached hydrogens (tertiary/aromatic N) is 1. The molecule has 1 aromatic carbocycles. The van der Waals surface area contributed by atoms with Gasteiger partial charge in [0.2, 0.25) is 5.91 Å². The Labute approximate surface area is 166 Å². The van der Waals surface area contributed by atoms with Crippen LogP contribution in [0.2, 0.25) is 0 Å². The Morgan fingerprint density at radius 2 is 1.86 bits per heavy atom. The molecule has 0 aromatic heterocycles. The summed E-state index contributed by atoms with van der Waals surface area (Å²) in [6.07, 6.45) is 5.63. The third-order valence-corrected chi connectivity index (χ3v) is 5.73. The third-order valence-electron chi connectivity index (χ3n) is 5.73. The summed E-state index contributed by atoms with van der Waals surface area (Å²) in [5.74, 6) is -1.36. The monoisotopic (exact) mass is 386 g/mol. The lowest BCUT2D eigenvalue weighted by molar-refractivity contribution is -0.158. The predicted molar refractivity (Wildman–Crippen MR) is 107 cm³/mol. The smallest absolute Gasteiger partial charge is 0.312 e. The molecule has 1 aromatic rings. The Balaban J connectivity index is 1.52. The van der Waals surface area contributed by atoms with Crippen molar-refractivity contribution in [3.8, 4) is 0 Å². The van der Waals surface area contributed by atoms with Crippen molar-refractivity contribution in [2.24, 2.45) is 5.92 Å². The topological polar surface area (TPSA) is 75.7 Å². The lowest BCUT2D eigenvalue weighted by Gasteiger charge is -2.24. The van der Waals surface area contributed by atoms with Gasteiger partial charge >= 0.3 is 5.97 Å². The van der Waals surface area contributed by atoms with Crippen molar-refractivity contribution in [3.63, 3.8) is 0 Å². The molecular formula is C22H30N2O4. The van der Waals surface area contributed by atoms with E-state index < -0.39 is 18.0 Å². The van der Waals surface area contributed by atoms with Crippen LogP contribution in [0.3, 0.4) is 0 Å². The van der Waals surface area contributed by atoms with Crippen LogP contribution in [0.1, 0.15) is 57.9 Å². The van der Waals surface area contributed by atoms with Gasteiger partial charge in [-0.2, -0.15) is 0 Å². The molecule has 2 amide bonds. The van der Waals surface area contributed by atoms with Crippen LogP contribution in [0.15, 0.2) is 24.3 Å². The van der Waals surface area contributed by atoms with Gasteiger partial charge in [-0.25, -0.2) is 0 Å². The minimum absolute atomic E-state index is 0.0921. The molecule has 2 unspecified atom stereocenters. The molecule has 6 heteroatoms. The fraction of sp³-hybridized carbons (Fsp3) is 0.591. The summed E-state index contributed by atoms with van der Waals surface area (Å²) in [5.41, 5.74) is 1.99. The first-order valence-corrected chi connectivity index (χ1v) is 10.4. The van der Waals surface area contributed by atoms with Gasteiger partial charge in [0.25, 0.3) is 5.91 Å². The van der Waals surface area contributed by atoms with E-state index in [1.165, 1.54) is 12.0 Å². The van der Waals surface area contributed by atoms with Crippen molar-refractivity contribution in [1.29, 1.82) is 0 Å². The van der Waals surface area contributed by atoms with E-state index >= 15 is 0 Å². The number of hydrogen-bond donors (Lipinski definition) is 1. The summed E-state index contributed by atoms with van der Waals surface area (Å²) in [6.45, 7) is 3.96. The Morgan fingerprint density at radius 1 is 1.18 bits per heavy atom. The minimum atomic E-state index is -0.845. The molecule has 2 aliphatic rings. The number of rotatable bonds is 6. The molecule has 28 heavy (non-hydrogen) atoms. The maximum Gasteiger partial charge on any atom is 0.312 e. The summed E-state index contributed by atoms with van der Waals surface area (Å²) >= 11 is 0. The van der Waals surface area contributed by atoms with Gasteiger partial charge in [-0.1, -0.05) is 38.3 Å². The van der Waals surface area contributed by atoms with Crippen LogP contribution in [-0.2, 0) is 25.5 Å². The van der Waals surface area contributed by atoms with Gasteiger partial charge in [0.15, 0.2) is 6.10 Å². The van der Waals surface area contributed by atoms with E-state index in [1.54, 1.807) is 11.8 Å². The van der Waals surface area contributed by atoms with Crippen LogP contribution in [-0.4, -0.2) is 36.5 Å². The second kappa shape index (κ2) is 9.22. The SMILES string of the molecule is CCc1ccc(N2CC(C(=O)OC(C)C(=O)NC3CCCCC3)CC2=O)cc1. The molecule has 0 spiro atoms. The van der Waals surface area contributed by atoms with Gasteiger partial charge in [0.05, 0.1) is 5.92 Å². The second-order valence-corrected chi connectivity index (χ2v) is 7.85.